The number of aliphatic hydroxyl groups is 2. The van der Waals surface area contributed by atoms with Gasteiger partial charge in [0.2, 0.25) is 5.88 Å². The second-order valence-electron chi connectivity index (χ2n) is 6.24. The van der Waals surface area contributed by atoms with Crippen LogP contribution in [0.25, 0.3) is 11.3 Å². The summed E-state index contributed by atoms with van der Waals surface area (Å²) in [5.41, 5.74) is 5.46. The molecule has 0 saturated heterocycles. The van der Waals surface area contributed by atoms with Gasteiger partial charge in [0.15, 0.2) is 0 Å². The highest BCUT2D eigenvalue weighted by Crippen LogP contribution is 2.30. The summed E-state index contributed by atoms with van der Waals surface area (Å²) >= 11 is 0. The van der Waals surface area contributed by atoms with Crippen LogP contribution in [-0.4, -0.2) is 32.7 Å². The molecule has 10 heteroatoms. The quantitative estimate of drug-likeness (QED) is 0.565. The molecule has 0 aliphatic heterocycles. The highest BCUT2D eigenvalue weighted by atomic mass is 19.4. The van der Waals surface area contributed by atoms with Crippen LogP contribution in [0.15, 0.2) is 54.7 Å². The van der Waals surface area contributed by atoms with Crippen LogP contribution >= 0.6 is 0 Å². The van der Waals surface area contributed by atoms with Crippen LogP contribution in [0.1, 0.15) is 27.7 Å². The topological polar surface area (TPSA) is 119 Å². The van der Waals surface area contributed by atoms with Crippen molar-refractivity contribution in [1.29, 1.82) is 0 Å². The number of benzene rings is 1. The molecule has 1 atom stereocenters. The van der Waals surface area contributed by atoms with Gasteiger partial charge in [0.05, 0.1) is 17.9 Å². The molecule has 0 saturated carbocycles. The molecule has 3 aromatic rings. The fourth-order valence-electron chi connectivity index (χ4n) is 2.55. The number of nitrogens with zero attached hydrogens (tertiary/aromatic N) is 2. The van der Waals surface area contributed by atoms with Gasteiger partial charge in [0.25, 0.3) is 5.91 Å². The summed E-state index contributed by atoms with van der Waals surface area (Å²) in [6.45, 7) is -0.547. The Balaban J connectivity index is 1.83. The van der Waals surface area contributed by atoms with Crippen molar-refractivity contribution in [1.82, 2.24) is 9.97 Å². The monoisotopic (exact) mass is 419 g/mol. The number of pyridine rings is 2. The highest BCUT2D eigenvalue weighted by Gasteiger charge is 2.30. The molecule has 1 amide bonds. The zero-order valence-corrected chi connectivity index (χ0v) is 15.3. The van der Waals surface area contributed by atoms with E-state index in [9.17, 15) is 23.1 Å². The summed E-state index contributed by atoms with van der Waals surface area (Å²) in [5.74, 6) is -0.498. The third-order valence-corrected chi connectivity index (χ3v) is 4.09. The number of carbonyl (C=O) groups is 1. The van der Waals surface area contributed by atoms with Crippen LogP contribution in [0.3, 0.4) is 0 Å². The number of nitrogens with two attached hydrogens (primary N) is 1. The Kier molecular flexibility index (Phi) is 5.99. The zero-order chi connectivity index (χ0) is 21.9. The van der Waals surface area contributed by atoms with E-state index in [1.54, 1.807) is 12.1 Å². The van der Waals surface area contributed by atoms with E-state index in [1.807, 2.05) is 0 Å². The van der Waals surface area contributed by atoms with Crippen molar-refractivity contribution in [3.05, 3.63) is 71.5 Å². The first-order valence-corrected chi connectivity index (χ1v) is 8.59. The smallest absolute Gasteiger partial charge is 0.417 e. The van der Waals surface area contributed by atoms with Gasteiger partial charge in [0, 0.05) is 17.8 Å². The van der Waals surface area contributed by atoms with Gasteiger partial charge >= 0.3 is 6.18 Å². The molecule has 3 rings (SSSR count). The average molecular weight is 419 g/mol. The van der Waals surface area contributed by atoms with Gasteiger partial charge in [-0.05, 0) is 48.0 Å². The van der Waals surface area contributed by atoms with Crippen molar-refractivity contribution in [2.45, 2.75) is 12.3 Å². The molecule has 0 aliphatic rings. The Bertz CT molecular complexity index is 1040. The first kappa shape index (κ1) is 21.2. The van der Waals surface area contributed by atoms with E-state index in [4.69, 9.17) is 15.6 Å². The van der Waals surface area contributed by atoms with Crippen molar-refractivity contribution in [2.75, 3.05) is 6.61 Å². The Morgan fingerprint density at radius 3 is 2.37 bits per heavy atom. The number of rotatable bonds is 6. The maximum atomic E-state index is 12.6. The number of hydrogen-bond donors (Lipinski definition) is 3. The molecule has 4 N–H and O–H groups in total. The maximum absolute atomic E-state index is 12.6. The first-order chi connectivity index (χ1) is 14.2. The second kappa shape index (κ2) is 8.47. The lowest BCUT2D eigenvalue weighted by Crippen LogP contribution is -2.15. The lowest BCUT2D eigenvalue weighted by molar-refractivity contribution is -0.137. The lowest BCUT2D eigenvalue weighted by atomic mass is 10.0. The van der Waals surface area contributed by atoms with Crippen molar-refractivity contribution in [3.63, 3.8) is 0 Å². The average Bonchev–Trinajstić information content (AvgIpc) is 2.73. The minimum atomic E-state index is -4.48. The van der Waals surface area contributed by atoms with Gasteiger partial charge < -0.3 is 20.7 Å². The van der Waals surface area contributed by atoms with Crippen LogP contribution < -0.4 is 10.5 Å². The molecule has 2 heterocycles. The summed E-state index contributed by atoms with van der Waals surface area (Å²) in [5, 5.41) is 19.0. The number of carbonyl (C=O) groups excluding carboxylic acids is 1. The molecule has 30 heavy (non-hydrogen) atoms. The number of ether oxygens (including phenoxy) is 1. The van der Waals surface area contributed by atoms with Crippen molar-refractivity contribution in [3.8, 4) is 22.9 Å². The number of hydrogen-bond acceptors (Lipinski definition) is 6. The molecule has 2 aromatic heterocycles. The maximum Gasteiger partial charge on any atom is 0.417 e. The third-order valence-electron chi connectivity index (χ3n) is 4.09. The van der Waals surface area contributed by atoms with Crippen LogP contribution in [0.5, 0.6) is 11.6 Å². The minimum absolute atomic E-state index is 0.0158. The molecule has 0 unspecified atom stereocenters. The van der Waals surface area contributed by atoms with Gasteiger partial charge in [-0.15, -0.1) is 0 Å². The molecule has 0 spiro atoms. The van der Waals surface area contributed by atoms with Gasteiger partial charge in [-0.3, -0.25) is 4.79 Å². The molecule has 0 fully saturated rings. The van der Waals surface area contributed by atoms with Crippen LogP contribution in [-0.2, 0) is 6.18 Å². The van der Waals surface area contributed by atoms with Gasteiger partial charge in [-0.25, -0.2) is 9.97 Å². The molecule has 0 radical (unpaired) electrons. The molecular weight excluding hydrogens is 403 g/mol. The minimum Gasteiger partial charge on any atom is -0.439 e. The third kappa shape index (κ3) is 4.91. The van der Waals surface area contributed by atoms with Crippen LogP contribution in [0, 0.1) is 0 Å². The molecule has 0 bridgehead atoms. The van der Waals surface area contributed by atoms with E-state index in [0.717, 1.165) is 12.1 Å². The van der Waals surface area contributed by atoms with E-state index in [1.165, 1.54) is 24.3 Å². The number of halogens is 3. The van der Waals surface area contributed by atoms with Gasteiger partial charge in [-0.2, -0.15) is 13.2 Å². The Hall–Kier alpha value is -3.50. The van der Waals surface area contributed by atoms with Crippen LogP contribution in [0.4, 0.5) is 13.2 Å². The first-order valence-electron chi connectivity index (χ1n) is 8.59. The number of primary amides is 1. The number of alkyl halides is 3. The van der Waals surface area contributed by atoms with Gasteiger partial charge in [-0.1, -0.05) is 0 Å². The largest absolute Gasteiger partial charge is 0.439 e. The SMILES string of the molecule is NC(=O)c1cc([C@@H](O)CO)cc(-c2ccc(Oc3ccc(C(F)(F)F)cn3)cc2)n1. The van der Waals surface area contributed by atoms with Crippen molar-refractivity contribution in [2.24, 2.45) is 5.73 Å². The van der Waals surface area contributed by atoms with E-state index in [0.29, 0.717) is 23.2 Å². The Morgan fingerprint density at radius 1 is 1.13 bits per heavy atom. The zero-order valence-electron chi connectivity index (χ0n) is 15.3. The Morgan fingerprint density at radius 2 is 1.83 bits per heavy atom. The number of aromatic nitrogens is 2. The Labute approximate surface area is 168 Å². The van der Waals surface area contributed by atoms with Gasteiger partial charge in [0.1, 0.15) is 17.5 Å². The molecule has 0 aliphatic carbocycles. The van der Waals surface area contributed by atoms with Crippen LogP contribution in [0.2, 0.25) is 0 Å². The normalized spacial score (nSPS) is 12.4. The lowest BCUT2D eigenvalue weighted by Gasteiger charge is -2.12. The standard InChI is InChI=1S/C20H16F3N3O4/c21-20(22,23)13-3-6-18(25-9-13)30-14-4-1-11(2-5-14)15-7-12(17(28)10-27)8-16(26-15)19(24)29/h1-9,17,27-28H,10H2,(H2,24,29)/t17-/m0/s1. The number of aliphatic hydroxyl groups excluding tert-OH is 2. The predicted octanol–water partition coefficient (Wildman–Crippen LogP) is 3.08. The number of amides is 1. The second-order valence-corrected chi connectivity index (χ2v) is 6.24. The summed E-state index contributed by atoms with van der Waals surface area (Å²) in [4.78, 5) is 19.3. The van der Waals surface area contributed by atoms with E-state index in [-0.39, 0.29) is 17.1 Å². The molecule has 1 aromatic carbocycles. The van der Waals surface area contributed by atoms with Crippen molar-refractivity contribution < 1.29 is 32.9 Å². The predicted molar refractivity (Wildman–Crippen MR) is 99.5 cm³/mol. The van der Waals surface area contributed by atoms with E-state index >= 15 is 0 Å². The van der Waals surface area contributed by atoms with E-state index < -0.39 is 30.4 Å². The summed E-state index contributed by atoms with van der Waals surface area (Å²) in [7, 11) is 0. The van der Waals surface area contributed by atoms with E-state index in [2.05, 4.69) is 9.97 Å². The molecular formula is C20H16F3N3O4. The highest BCUT2D eigenvalue weighted by molar-refractivity contribution is 5.91. The fraction of sp³-hybridized carbons (Fsp3) is 0.150. The summed E-state index contributed by atoms with van der Waals surface area (Å²) in [6, 6.07) is 11.0. The fourth-order valence-corrected chi connectivity index (χ4v) is 2.55. The van der Waals surface area contributed by atoms with Crippen molar-refractivity contribution >= 4 is 5.91 Å². The summed E-state index contributed by atoms with van der Waals surface area (Å²) in [6.07, 6.45) is -5.02. The molecule has 156 valence electrons. The molecule has 7 nitrogen and oxygen atoms in total. The summed E-state index contributed by atoms with van der Waals surface area (Å²) < 4.78 is 43.2.